The molecule has 1 aliphatic rings. The van der Waals surface area contributed by atoms with E-state index in [1.54, 1.807) is 29.6 Å². The van der Waals surface area contributed by atoms with E-state index < -0.39 is 9.84 Å². The molecule has 1 aromatic heterocycles. The largest absolute Gasteiger partial charge is 0.324 e. The second-order valence-corrected chi connectivity index (χ2v) is 9.72. The Bertz CT molecular complexity index is 1150. The third-order valence-corrected chi connectivity index (χ3v) is 7.99. The van der Waals surface area contributed by atoms with Crippen LogP contribution in [0.15, 0.2) is 63.7 Å². The van der Waals surface area contributed by atoms with Crippen molar-refractivity contribution in [3.63, 3.8) is 0 Å². The van der Waals surface area contributed by atoms with Gasteiger partial charge >= 0.3 is 0 Å². The normalized spacial score (nSPS) is 16.7. The molecule has 0 saturated heterocycles. The van der Waals surface area contributed by atoms with Crippen LogP contribution in [0.1, 0.15) is 28.3 Å². The summed E-state index contributed by atoms with van der Waals surface area (Å²) < 4.78 is 26.3. The fourth-order valence-electron chi connectivity index (χ4n) is 3.32. The smallest absolute Gasteiger partial charge is 0.225 e. The SMILES string of the molecule is Cc1cccc(S(=O)(=O)c2csc3c2NC(=O)CC3c2ccccc2Cl)c1. The van der Waals surface area contributed by atoms with E-state index in [2.05, 4.69) is 5.32 Å². The second kappa shape index (κ2) is 6.78. The molecule has 1 N–H and O–H groups in total. The van der Waals surface area contributed by atoms with E-state index in [-0.39, 0.29) is 28.0 Å². The van der Waals surface area contributed by atoms with Crippen LogP contribution in [0.5, 0.6) is 0 Å². The molecule has 7 heteroatoms. The summed E-state index contributed by atoms with van der Waals surface area (Å²) in [4.78, 5) is 13.5. The second-order valence-electron chi connectivity index (χ2n) is 6.49. The highest BCUT2D eigenvalue weighted by Crippen LogP contribution is 2.47. The number of carbonyl (C=O) groups excluding carboxylic acids is 1. The molecule has 3 aromatic rings. The van der Waals surface area contributed by atoms with Crippen molar-refractivity contribution in [3.8, 4) is 0 Å². The minimum absolute atomic E-state index is 0.137. The number of benzene rings is 2. The summed E-state index contributed by atoms with van der Waals surface area (Å²) in [7, 11) is -3.74. The van der Waals surface area contributed by atoms with Crippen molar-refractivity contribution >= 4 is 44.4 Å². The predicted octanol–water partition coefficient (Wildman–Crippen LogP) is 5.02. The molecule has 0 aliphatic carbocycles. The molecule has 27 heavy (non-hydrogen) atoms. The van der Waals surface area contributed by atoms with Crippen LogP contribution in [0.4, 0.5) is 5.69 Å². The summed E-state index contributed by atoms with van der Waals surface area (Å²) in [5.41, 5.74) is 2.07. The van der Waals surface area contributed by atoms with Gasteiger partial charge in [-0.15, -0.1) is 11.3 Å². The maximum Gasteiger partial charge on any atom is 0.225 e. The summed E-state index contributed by atoms with van der Waals surface area (Å²) in [6.45, 7) is 1.84. The first kappa shape index (κ1) is 18.2. The first-order chi connectivity index (χ1) is 12.9. The van der Waals surface area contributed by atoms with Crippen LogP contribution >= 0.6 is 22.9 Å². The lowest BCUT2D eigenvalue weighted by molar-refractivity contribution is -0.116. The summed E-state index contributed by atoms with van der Waals surface area (Å²) in [5, 5.41) is 4.95. The van der Waals surface area contributed by atoms with Crippen molar-refractivity contribution in [3.05, 3.63) is 74.9 Å². The van der Waals surface area contributed by atoms with Gasteiger partial charge < -0.3 is 5.32 Å². The highest BCUT2D eigenvalue weighted by Gasteiger charge is 2.35. The van der Waals surface area contributed by atoms with Crippen LogP contribution in [-0.2, 0) is 14.6 Å². The molecular formula is C20H16ClNO3S2. The van der Waals surface area contributed by atoms with E-state index in [1.165, 1.54) is 11.3 Å². The van der Waals surface area contributed by atoms with Crippen LogP contribution in [0, 0.1) is 6.92 Å². The molecule has 1 unspecified atom stereocenters. The zero-order chi connectivity index (χ0) is 19.2. The number of anilines is 1. The van der Waals surface area contributed by atoms with Gasteiger partial charge in [0.25, 0.3) is 0 Å². The van der Waals surface area contributed by atoms with Crippen molar-refractivity contribution < 1.29 is 13.2 Å². The number of amides is 1. The zero-order valence-electron chi connectivity index (χ0n) is 14.4. The van der Waals surface area contributed by atoms with Gasteiger partial charge in [-0.25, -0.2) is 8.42 Å². The first-order valence-electron chi connectivity index (χ1n) is 8.35. The van der Waals surface area contributed by atoms with Crippen molar-refractivity contribution in [2.45, 2.75) is 29.1 Å². The van der Waals surface area contributed by atoms with Crippen LogP contribution in [0.2, 0.25) is 5.02 Å². The van der Waals surface area contributed by atoms with E-state index >= 15 is 0 Å². The number of nitrogens with one attached hydrogen (secondary N) is 1. The summed E-state index contributed by atoms with van der Waals surface area (Å²) in [5.74, 6) is -0.472. The van der Waals surface area contributed by atoms with Gasteiger partial charge in [0.05, 0.1) is 10.6 Å². The molecule has 0 fully saturated rings. The molecule has 2 aromatic carbocycles. The van der Waals surface area contributed by atoms with Crippen molar-refractivity contribution in [1.82, 2.24) is 0 Å². The number of hydrogen-bond donors (Lipinski definition) is 1. The molecule has 1 aliphatic heterocycles. The molecule has 1 atom stereocenters. The fraction of sp³-hybridized carbons (Fsp3) is 0.150. The van der Waals surface area contributed by atoms with Crippen molar-refractivity contribution in [1.29, 1.82) is 0 Å². The Morgan fingerprint density at radius 2 is 1.93 bits per heavy atom. The molecule has 0 spiro atoms. The maximum atomic E-state index is 13.2. The maximum absolute atomic E-state index is 13.2. The lowest BCUT2D eigenvalue weighted by atomic mass is 9.90. The number of hydrogen-bond acceptors (Lipinski definition) is 4. The van der Waals surface area contributed by atoms with Gasteiger partial charge in [0, 0.05) is 27.6 Å². The standard InChI is InChI=1S/C20H16ClNO3S2/c1-12-5-4-6-13(9-12)27(24,25)17-11-26-20-15(10-18(23)22-19(17)20)14-7-2-3-8-16(14)21/h2-9,11,15H,10H2,1H3,(H,22,23). The van der Waals surface area contributed by atoms with Crippen molar-refractivity contribution in [2.75, 3.05) is 5.32 Å². The monoisotopic (exact) mass is 417 g/mol. The summed E-state index contributed by atoms with van der Waals surface area (Å²) >= 11 is 7.68. The number of rotatable bonds is 3. The number of thiophene rings is 1. The van der Waals surface area contributed by atoms with Crippen LogP contribution < -0.4 is 5.32 Å². The lowest BCUT2D eigenvalue weighted by Gasteiger charge is -2.24. The van der Waals surface area contributed by atoms with Gasteiger partial charge in [-0.1, -0.05) is 41.9 Å². The Hall–Kier alpha value is -2.15. The third-order valence-electron chi connectivity index (χ3n) is 4.63. The Kier molecular flexibility index (Phi) is 4.58. The quantitative estimate of drug-likeness (QED) is 0.651. The Morgan fingerprint density at radius 1 is 1.15 bits per heavy atom. The van der Waals surface area contributed by atoms with Gasteiger partial charge in [-0.3, -0.25) is 4.79 Å². The summed E-state index contributed by atoms with van der Waals surface area (Å²) in [6.07, 6.45) is 0.237. The Morgan fingerprint density at radius 3 is 2.67 bits per heavy atom. The highest BCUT2D eigenvalue weighted by atomic mass is 35.5. The highest BCUT2D eigenvalue weighted by molar-refractivity contribution is 7.91. The van der Waals surface area contributed by atoms with E-state index in [9.17, 15) is 13.2 Å². The molecule has 0 bridgehead atoms. The molecule has 1 amide bonds. The van der Waals surface area contributed by atoms with Crippen LogP contribution in [-0.4, -0.2) is 14.3 Å². The molecule has 0 saturated carbocycles. The van der Waals surface area contributed by atoms with E-state index in [0.717, 1.165) is 16.0 Å². The van der Waals surface area contributed by atoms with E-state index in [1.807, 2.05) is 31.2 Å². The topological polar surface area (TPSA) is 63.2 Å². The lowest BCUT2D eigenvalue weighted by Crippen LogP contribution is -2.23. The van der Waals surface area contributed by atoms with Crippen molar-refractivity contribution in [2.24, 2.45) is 0 Å². The molecule has 138 valence electrons. The molecule has 0 radical (unpaired) electrons. The summed E-state index contributed by atoms with van der Waals surface area (Å²) in [6, 6.07) is 14.1. The number of aryl methyl sites for hydroxylation is 1. The zero-order valence-corrected chi connectivity index (χ0v) is 16.8. The Balaban J connectivity index is 1.86. The number of sulfone groups is 1. The van der Waals surface area contributed by atoms with Crippen LogP contribution in [0.25, 0.3) is 0 Å². The molecule has 2 heterocycles. The minimum atomic E-state index is -3.74. The Labute approximate surface area is 166 Å². The minimum Gasteiger partial charge on any atom is -0.324 e. The predicted molar refractivity (Wildman–Crippen MR) is 107 cm³/mol. The molecule has 4 nitrogen and oxygen atoms in total. The van der Waals surface area contributed by atoms with Crippen LogP contribution in [0.3, 0.4) is 0 Å². The number of carbonyl (C=O) groups is 1. The van der Waals surface area contributed by atoms with Gasteiger partial charge in [-0.2, -0.15) is 0 Å². The average molecular weight is 418 g/mol. The fourth-order valence-corrected chi connectivity index (χ4v) is 6.59. The number of fused-ring (bicyclic) bond motifs is 1. The molecular weight excluding hydrogens is 402 g/mol. The van der Waals surface area contributed by atoms with Gasteiger partial charge in [-0.05, 0) is 36.2 Å². The van der Waals surface area contributed by atoms with E-state index in [4.69, 9.17) is 11.6 Å². The third kappa shape index (κ3) is 3.18. The first-order valence-corrected chi connectivity index (χ1v) is 11.1. The van der Waals surface area contributed by atoms with Gasteiger partial charge in [0.1, 0.15) is 4.90 Å². The number of halogens is 1. The van der Waals surface area contributed by atoms with E-state index in [0.29, 0.717) is 10.7 Å². The molecule has 4 rings (SSSR count). The van der Waals surface area contributed by atoms with Gasteiger partial charge in [0.2, 0.25) is 15.7 Å². The van der Waals surface area contributed by atoms with Gasteiger partial charge in [0.15, 0.2) is 0 Å². The average Bonchev–Trinajstić information content (AvgIpc) is 3.06.